The number of rotatable bonds is 10. The fourth-order valence-corrected chi connectivity index (χ4v) is 2.99. The Hall–Kier alpha value is -2.62. The number of hydrogen-bond acceptors (Lipinski definition) is 2. The Morgan fingerprint density at radius 1 is 0.923 bits per heavy atom. The molecule has 0 aliphatic carbocycles. The van der Waals surface area contributed by atoms with Crippen molar-refractivity contribution in [2.45, 2.75) is 45.6 Å². The summed E-state index contributed by atoms with van der Waals surface area (Å²) in [5, 5.41) is 8.83. The summed E-state index contributed by atoms with van der Waals surface area (Å²) in [5.41, 5.74) is 3.33. The molecule has 2 aromatic carbocycles. The van der Waals surface area contributed by atoms with Crippen molar-refractivity contribution in [3.05, 3.63) is 71.3 Å². The van der Waals surface area contributed by atoms with Crippen LogP contribution in [0.4, 0.5) is 0 Å². The third kappa shape index (κ3) is 6.71. The monoisotopic (exact) mass is 353 g/mol. The van der Waals surface area contributed by atoms with Gasteiger partial charge in [0.25, 0.3) is 0 Å². The number of hydrogen-bond donors (Lipinski definition) is 1. The third-order valence-electron chi connectivity index (χ3n) is 4.38. The minimum atomic E-state index is -0.792. The molecule has 138 valence electrons. The van der Waals surface area contributed by atoms with E-state index in [2.05, 4.69) is 12.1 Å². The van der Waals surface area contributed by atoms with E-state index in [1.807, 2.05) is 54.3 Å². The van der Waals surface area contributed by atoms with E-state index < -0.39 is 5.97 Å². The van der Waals surface area contributed by atoms with Gasteiger partial charge in [-0.2, -0.15) is 0 Å². The van der Waals surface area contributed by atoms with Crippen LogP contribution in [-0.2, 0) is 29.0 Å². The van der Waals surface area contributed by atoms with Crippen LogP contribution in [0.25, 0.3) is 0 Å². The zero-order chi connectivity index (χ0) is 18.8. The van der Waals surface area contributed by atoms with Gasteiger partial charge < -0.3 is 10.0 Å². The normalized spacial score (nSPS) is 10.5. The van der Waals surface area contributed by atoms with Crippen LogP contribution in [0.5, 0.6) is 0 Å². The van der Waals surface area contributed by atoms with Gasteiger partial charge >= 0.3 is 5.97 Å². The number of aryl methyl sites for hydroxylation is 2. The first-order valence-electron chi connectivity index (χ1n) is 9.19. The molecule has 0 bridgehead atoms. The molecular formula is C22H27NO3. The van der Waals surface area contributed by atoms with Gasteiger partial charge in [-0.1, -0.05) is 61.5 Å². The Morgan fingerprint density at radius 3 is 2.31 bits per heavy atom. The van der Waals surface area contributed by atoms with Crippen molar-refractivity contribution in [2.75, 3.05) is 6.54 Å². The summed E-state index contributed by atoms with van der Waals surface area (Å²) in [6.45, 7) is 3.18. The molecule has 0 unspecified atom stereocenters. The molecule has 0 radical (unpaired) electrons. The standard InChI is InChI=1S/C22H27NO3/c1-2-21(24)23(15-7-12-18-8-4-3-5-9-18)17-20-11-6-10-19(16-20)13-14-22(25)26/h3-6,8-11,16H,2,7,12-15,17H2,1H3,(H,25,26). The number of carbonyl (C=O) groups excluding carboxylic acids is 1. The summed E-state index contributed by atoms with van der Waals surface area (Å²) < 4.78 is 0. The number of benzene rings is 2. The second kappa shape index (κ2) is 10.4. The molecule has 0 saturated carbocycles. The molecule has 4 nitrogen and oxygen atoms in total. The minimum absolute atomic E-state index is 0.123. The average molecular weight is 353 g/mol. The van der Waals surface area contributed by atoms with Gasteiger partial charge in [-0.15, -0.1) is 0 Å². The number of aliphatic carboxylic acids is 1. The Balaban J connectivity index is 1.95. The number of carboxylic acid groups (broad SMARTS) is 1. The van der Waals surface area contributed by atoms with Crippen LogP contribution < -0.4 is 0 Å². The molecule has 0 atom stereocenters. The molecule has 1 N–H and O–H groups in total. The van der Waals surface area contributed by atoms with Crippen LogP contribution in [0.15, 0.2) is 54.6 Å². The van der Waals surface area contributed by atoms with Crippen LogP contribution in [0.2, 0.25) is 0 Å². The topological polar surface area (TPSA) is 57.6 Å². The van der Waals surface area contributed by atoms with Gasteiger partial charge in [-0.3, -0.25) is 9.59 Å². The SMILES string of the molecule is CCC(=O)N(CCCc1ccccc1)Cc1cccc(CCC(=O)O)c1. The van der Waals surface area contributed by atoms with Crippen LogP contribution >= 0.6 is 0 Å². The molecule has 0 aromatic heterocycles. The predicted octanol–water partition coefficient (Wildman–Crippen LogP) is 4.08. The summed E-state index contributed by atoms with van der Waals surface area (Å²) in [4.78, 5) is 25.0. The van der Waals surface area contributed by atoms with Crippen LogP contribution in [0.1, 0.15) is 42.9 Å². The fraction of sp³-hybridized carbons (Fsp3) is 0.364. The highest BCUT2D eigenvalue weighted by molar-refractivity contribution is 5.75. The van der Waals surface area contributed by atoms with Crippen LogP contribution in [-0.4, -0.2) is 28.4 Å². The quantitative estimate of drug-likeness (QED) is 0.700. The second-order valence-corrected chi connectivity index (χ2v) is 6.47. The Labute approximate surface area is 155 Å². The average Bonchev–Trinajstić information content (AvgIpc) is 2.66. The van der Waals surface area contributed by atoms with Crippen molar-refractivity contribution in [3.8, 4) is 0 Å². The van der Waals surface area contributed by atoms with E-state index >= 15 is 0 Å². The lowest BCUT2D eigenvalue weighted by atomic mass is 10.1. The molecule has 26 heavy (non-hydrogen) atoms. The van der Waals surface area contributed by atoms with E-state index in [9.17, 15) is 9.59 Å². The first kappa shape index (κ1) is 19.7. The first-order chi connectivity index (χ1) is 12.6. The van der Waals surface area contributed by atoms with Crippen molar-refractivity contribution < 1.29 is 14.7 Å². The van der Waals surface area contributed by atoms with E-state index in [-0.39, 0.29) is 12.3 Å². The molecule has 0 heterocycles. The predicted molar refractivity (Wildman–Crippen MR) is 103 cm³/mol. The van der Waals surface area contributed by atoms with Gasteiger partial charge in [-0.25, -0.2) is 0 Å². The second-order valence-electron chi connectivity index (χ2n) is 6.47. The highest BCUT2D eigenvalue weighted by Gasteiger charge is 2.12. The van der Waals surface area contributed by atoms with Crippen LogP contribution in [0, 0.1) is 0 Å². The Kier molecular flexibility index (Phi) is 7.87. The molecule has 1 amide bonds. The van der Waals surface area contributed by atoms with Gasteiger partial charge in [0.2, 0.25) is 5.91 Å². The zero-order valence-corrected chi connectivity index (χ0v) is 15.4. The first-order valence-corrected chi connectivity index (χ1v) is 9.19. The fourth-order valence-electron chi connectivity index (χ4n) is 2.99. The molecular weight excluding hydrogens is 326 g/mol. The van der Waals surface area contributed by atoms with Gasteiger partial charge in [0, 0.05) is 25.9 Å². The van der Waals surface area contributed by atoms with Gasteiger partial charge in [0.15, 0.2) is 0 Å². The summed E-state index contributed by atoms with van der Waals surface area (Å²) in [5.74, 6) is -0.645. The highest BCUT2D eigenvalue weighted by atomic mass is 16.4. The lowest BCUT2D eigenvalue weighted by Gasteiger charge is -2.23. The van der Waals surface area contributed by atoms with E-state index in [0.717, 1.165) is 30.5 Å². The van der Waals surface area contributed by atoms with E-state index in [1.54, 1.807) is 0 Å². The number of nitrogens with zero attached hydrogens (tertiary/aromatic N) is 1. The van der Waals surface area contributed by atoms with Crippen LogP contribution in [0.3, 0.4) is 0 Å². The summed E-state index contributed by atoms with van der Waals surface area (Å²) >= 11 is 0. The van der Waals surface area contributed by atoms with Gasteiger partial charge in [0.05, 0.1) is 0 Å². The largest absolute Gasteiger partial charge is 0.481 e. The van der Waals surface area contributed by atoms with Gasteiger partial charge in [-0.05, 0) is 36.0 Å². The Morgan fingerprint density at radius 2 is 1.62 bits per heavy atom. The summed E-state index contributed by atoms with van der Waals surface area (Å²) in [6, 6.07) is 18.2. The lowest BCUT2D eigenvalue weighted by Crippen LogP contribution is -2.31. The summed E-state index contributed by atoms with van der Waals surface area (Å²) in [6.07, 6.45) is 3.00. The molecule has 0 aliphatic heterocycles. The molecule has 0 spiro atoms. The van der Waals surface area contributed by atoms with E-state index in [1.165, 1.54) is 5.56 Å². The number of carbonyl (C=O) groups is 2. The number of carboxylic acids is 1. The molecule has 2 aromatic rings. The Bertz CT molecular complexity index is 712. The van der Waals surface area contributed by atoms with Crippen molar-refractivity contribution in [2.24, 2.45) is 0 Å². The zero-order valence-electron chi connectivity index (χ0n) is 15.4. The molecule has 4 heteroatoms. The number of amides is 1. The maximum Gasteiger partial charge on any atom is 0.303 e. The molecule has 0 aliphatic rings. The smallest absolute Gasteiger partial charge is 0.303 e. The van der Waals surface area contributed by atoms with Crippen molar-refractivity contribution >= 4 is 11.9 Å². The van der Waals surface area contributed by atoms with Crippen molar-refractivity contribution in [1.29, 1.82) is 0 Å². The maximum absolute atomic E-state index is 12.3. The minimum Gasteiger partial charge on any atom is -0.481 e. The van der Waals surface area contributed by atoms with Gasteiger partial charge in [0.1, 0.15) is 0 Å². The van der Waals surface area contributed by atoms with Crippen molar-refractivity contribution in [1.82, 2.24) is 4.90 Å². The third-order valence-corrected chi connectivity index (χ3v) is 4.38. The van der Waals surface area contributed by atoms with E-state index in [0.29, 0.717) is 19.4 Å². The van der Waals surface area contributed by atoms with E-state index in [4.69, 9.17) is 5.11 Å². The summed E-state index contributed by atoms with van der Waals surface area (Å²) in [7, 11) is 0. The van der Waals surface area contributed by atoms with Crippen molar-refractivity contribution in [3.63, 3.8) is 0 Å². The molecule has 0 saturated heterocycles. The lowest BCUT2D eigenvalue weighted by molar-refractivity contribution is -0.137. The molecule has 2 rings (SSSR count). The molecule has 0 fully saturated rings. The maximum atomic E-state index is 12.3. The highest BCUT2D eigenvalue weighted by Crippen LogP contribution is 2.13.